The van der Waals surface area contributed by atoms with Crippen molar-refractivity contribution in [1.29, 1.82) is 0 Å². The Labute approximate surface area is 74.9 Å². The van der Waals surface area contributed by atoms with Crippen molar-refractivity contribution in [3.8, 4) is 0 Å². The number of fused-ring (bicyclic) bond motifs is 2. The van der Waals surface area contributed by atoms with Crippen LogP contribution in [0.1, 0.15) is 33.6 Å². The van der Waals surface area contributed by atoms with Gasteiger partial charge in [-0.05, 0) is 26.7 Å². The van der Waals surface area contributed by atoms with Crippen molar-refractivity contribution < 1.29 is 4.74 Å². The largest absolute Gasteiger partial charge is 0.375 e. The van der Waals surface area contributed by atoms with E-state index in [0.29, 0.717) is 17.7 Å². The van der Waals surface area contributed by atoms with Gasteiger partial charge in [-0.25, -0.2) is 0 Å². The minimum absolute atomic E-state index is 0.378. The van der Waals surface area contributed by atoms with Crippen LogP contribution in [0.4, 0.5) is 0 Å². The van der Waals surface area contributed by atoms with Gasteiger partial charge in [0.1, 0.15) is 0 Å². The molecule has 0 radical (unpaired) electrons. The number of rotatable bonds is 2. The average molecular weight is 169 g/mol. The van der Waals surface area contributed by atoms with Crippen LogP contribution in [0, 0.1) is 0 Å². The van der Waals surface area contributed by atoms with Crippen LogP contribution in [0.2, 0.25) is 0 Å². The zero-order valence-electron chi connectivity index (χ0n) is 8.34. The van der Waals surface area contributed by atoms with E-state index in [4.69, 9.17) is 4.74 Å². The van der Waals surface area contributed by atoms with Crippen LogP contribution in [0.5, 0.6) is 0 Å². The summed E-state index contributed by atoms with van der Waals surface area (Å²) in [5.74, 6) is 0. The van der Waals surface area contributed by atoms with E-state index < -0.39 is 0 Å². The van der Waals surface area contributed by atoms with E-state index in [2.05, 4.69) is 25.7 Å². The van der Waals surface area contributed by atoms with Crippen molar-refractivity contribution in [3.05, 3.63) is 0 Å². The first-order valence-corrected chi connectivity index (χ1v) is 5.02. The molecule has 2 heteroatoms. The van der Waals surface area contributed by atoms with Gasteiger partial charge in [-0.1, -0.05) is 6.92 Å². The number of morpholine rings is 1. The van der Waals surface area contributed by atoms with Gasteiger partial charge in [0.05, 0.1) is 12.7 Å². The molecule has 0 amide bonds. The highest BCUT2D eigenvalue weighted by atomic mass is 16.5. The van der Waals surface area contributed by atoms with Crippen LogP contribution >= 0.6 is 0 Å². The van der Waals surface area contributed by atoms with Gasteiger partial charge >= 0.3 is 0 Å². The molecule has 70 valence electrons. The Morgan fingerprint density at radius 3 is 2.67 bits per heavy atom. The Hall–Kier alpha value is -0.0800. The predicted molar refractivity (Wildman–Crippen MR) is 49.2 cm³/mol. The van der Waals surface area contributed by atoms with E-state index in [1.807, 2.05) is 0 Å². The molecule has 2 nitrogen and oxygen atoms in total. The first-order valence-electron chi connectivity index (χ1n) is 5.02. The number of likely N-dealkylation sites (tertiary alicyclic amines) is 1. The molecule has 0 spiro atoms. The molecule has 2 saturated heterocycles. The molecule has 2 aliphatic heterocycles. The fourth-order valence-corrected chi connectivity index (χ4v) is 2.34. The smallest absolute Gasteiger partial charge is 0.0718 e. The summed E-state index contributed by atoms with van der Waals surface area (Å²) in [6.07, 6.45) is 3.04. The fraction of sp³-hybridized carbons (Fsp3) is 1.00. The maximum Gasteiger partial charge on any atom is 0.0718 e. The molecule has 2 heterocycles. The Morgan fingerprint density at radius 2 is 2.25 bits per heavy atom. The van der Waals surface area contributed by atoms with Crippen LogP contribution in [0.15, 0.2) is 0 Å². The van der Waals surface area contributed by atoms with Crippen molar-refractivity contribution in [3.63, 3.8) is 0 Å². The van der Waals surface area contributed by atoms with Crippen LogP contribution in [-0.2, 0) is 4.74 Å². The molecular formula is C10H19NO. The fourth-order valence-electron chi connectivity index (χ4n) is 2.34. The highest BCUT2D eigenvalue weighted by Crippen LogP contribution is 2.34. The van der Waals surface area contributed by atoms with Gasteiger partial charge in [0.2, 0.25) is 0 Å². The zero-order chi connectivity index (χ0) is 8.77. The van der Waals surface area contributed by atoms with Gasteiger partial charge in [0, 0.05) is 18.1 Å². The standard InChI is InChI=1S/C10H19NO/c1-4-10(2,3)11-6-9-5-8(11)7-12-9/h8-9H,4-7H2,1-3H3/t8-,9-/m0/s1. The third-order valence-electron chi connectivity index (χ3n) is 3.54. The molecule has 0 aliphatic carbocycles. The van der Waals surface area contributed by atoms with Gasteiger partial charge in [0.15, 0.2) is 0 Å². The van der Waals surface area contributed by atoms with E-state index in [1.54, 1.807) is 0 Å². The molecule has 0 N–H and O–H groups in total. The maximum absolute atomic E-state index is 5.58. The molecule has 2 fully saturated rings. The van der Waals surface area contributed by atoms with Crippen LogP contribution in [-0.4, -0.2) is 35.7 Å². The third kappa shape index (κ3) is 1.17. The highest BCUT2D eigenvalue weighted by molar-refractivity contribution is 4.97. The van der Waals surface area contributed by atoms with Gasteiger partial charge in [-0.2, -0.15) is 0 Å². The van der Waals surface area contributed by atoms with Crippen molar-refractivity contribution >= 4 is 0 Å². The monoisotopic (exact) mass is 169 g/mol. The lowest BCUT2D eigenvalue weighted by atomic mass is 9.98. The molecule has 2 bridgehead atoms. The molecule has 2 atom stereocenters. The van der Waals surface area contributed by atoms with Gasteiger partial charge in [0.25, 0.3) is 0 Å². The second-order valence-electron chi connectivity index (χ2n) is 4.66. The number of nitrogens with zero attached hydrogens (tertiary/aromatic N) is 1. The van der Waals surface area contributed by atoms with Crippen molar-refractivity contribution in [2.45, 2.75) is 51.3 Å². The molecular weight excluding hydrogens is 150 g/mol. The number of hydrogen-bond acceptors (Lipinski definition) is 2. The van der Waals surface area contributed by atoms with E-state index in [1.165, 1.54) is 12.8 Å². The summed E-state index contributed by atoms with van der Waals surface area (Å²) in [5.41, 5.74) is 0.378. The normalized spacial score (nSPS) is 36.2. The van der Waals surface area contributed by atoms with E-state index in [0.717, 1.165) is 13.2 Å². The highest BCUT2D eigenvalue weighted by Gasteiger charge is 2.44. The molecule has 0 aromatic heterocycles. The summed E-state index contributed by atoms with van der Waals surface area (Å²) < 4.78 is 5.58. The maximum atomic E-state index is 5.58. The summed E-state index contributed by atoms with van der Waals surface area (Å²) in [5, 5.41) is 0. The average Bonchev–Trinajstić information content (AvgIpc) is 2.64. The van der Waals surface area contributed by atoms with Crippen LogP contribution in [0.25, 0.3) is 0 Å². The van der Waals surface area contributed by atoms with Crippen LogP contribution in [0.3, 0.4) is 0 Å². The van der Waals surface area contributed by atoms with Crippen molar-refractivity contribution in [2.24, 2.45) is 0 Å². The first-order chi connectivity index (χ1) is 5.63. The molecule has 0 aromatic rings. The SMILES string of the molecule is CCC(C)(C)N1C[C@@H]2C[C@H]1CO2. The minimum Gasteiger partial charge on any atom is -0.375 e. The van der Waals surface area contributed by atoms with E-state index >= 15 is 0 Å². The summed E-state index contributed by atoms with van der Waals surface area (Å²) in [7, 11) is 0. The second-order valence-corrected chi connectivity index (χ2v) is 4.66. The summed E-state index contributed by atoms with van der Waals surface area (Å²) in [4.78, 5) is 2.63. The third-order valence-corrected chi connectivity index (χ3v) is 3.54. The molecule has 2 aliphatic rings. The summed E-state index contributed by atoms with van der Waals surface area (Å²) >= 11 is 0. The molecule has 0 aromatic carbocycles. The topological polar surface area (TPSA) is 12.5 Å². The first kappa shape index (κ1) is 8.52. The molecule has 12 heavy (non-hydrogen) atoms. The summed E-state index contributed by atoms with van der Waals surface area (Å²) in [6, 6.07) is 0.713. The summed E-state index contributed by atoms with van der Waals surface area (Å²) in [6.45, 7) is 9.08. The minimum atomic E-state index is 0.378. The Bertz CT molecular complexity index is 179. The van der Waals surface area contributed by atoms with Gasteiger partial charge in [-0.15, -0.1) is 0 Å². The number of ether oxygens (including phenoxy) is 1. The lowest BCUT2D eigenvalue weighted by molar-refractivity contribution is -0.0150. The number of hydrogen-bond donors (Lipinski definition) is 0. The lowest BCUT2D eigenvalue weighted by Gasteiger charge is -2.40. The van der Waals surface area contributed by atoms with Crippen LogP contribution < -0.4 is 0 Å². The second kappa shape index (κ2) is 2.71. The zero-order valence-corrected chi connectivity index (χ0v) is 8.34. The molecule has 0 unspecified atom stereocenters. The Balaban J connectivity index is 2.06. The Kier molecular flexibility index (Phi) is 1.92. The van der Waals surface area contributed by atoms with Crippen molar-refractivity contribution in [2.75, 3.05) is 13.2 Å². The molecule has 0 saturated carbocycles. The Morgan fingerprint density at radius 1 is 1.50 bits per heavy atom. The van der Waals surface area contributed by atoms with E-state index in [-0.39, 0.29) is 0 Å². The molecule has 2 rings (SSSR count). The van der Waals surface area contributed by atoms with Gasteiger partial charge in [-0.3, -0.25) is 4.90 Å². The van der Waals surface area contributed by atoms with Crippen molar-refractivity contribution in [1.82, 2.24) is 4.90 Å². The predicted octanol–water partition coefficient (Wildman–Crippen LogP) is 1.65. The van der Waals surface area contributed by atoms with E-state index in [9.17, 15) is 0 Å². The quantitative estimate of drug-likeness (QED) is 0.623. The van der Waals surface area contributed by atoms with Gasteiger partial charge < -0.3 is 4.74 Å². The lowest BCUT2D eigenvalue weighted by Crippen LogP contribution is -2.50.